The van der Waals surface area contributed by atoms with E-state index in [-0.39, 0.29) is 17.1 Å². The van der Waals surface area contributed by atoms with Crippen LogP contribution in [0, 0.1) is 11.9 Å². The van der Waals surface area contributed by atoms with Gasteiger partial charge in [-0.3, -0.25) is 4.98 Å². The summed E-state index contributed by atoms with van der Waals surface area (Å²) in [5.41, 5.74) is 0.345. The van der Waals surface area contributed by atoms with E-state index in [1.165, 1.54) is 12.3 Å². The third kappa shape index (κ3) is 4.81. The zero-order chi connectivity index (χ0) is 29.3. The van der Waals surface area contributed by atoms with Crippen molar-refractivity contribution in [2.24, 2.45) is 0 Å². The Hall–Kier alpha value is -5.25. The molecule has 6 rings (SSSR count). The van der Waals surface area contributed by atoms with E-state index < -0.39 is 29.2 Å². The SMILES string of the molecule is Fc1ccc(-c2cccc(C(c3ccccc3)(c3ccccc3)c3cccc(-n4ccc(C(F)(F)F)n4)n3)n2)c(F)n1. The summed E-state index contributed by atoms with van der Waals surface area (Å²) in [4.78, 5) is 13.0. The molecule has 0 bridgehead atoms. The Morgan fingerprint density at radius 1 is 0.548 bits per heavy atom. The zero-order valence-corrected chi connectivity index (χ0v) is 21.7. The largest absolute Gasteiger partial charge is 0.435 e. The van der Waals surface area contributed by atoms with Gasteiger partial charge in [-0.15, -0.1) is 0 Å². The van der Waals surface area contributed by atoms with Crippen molar-refractivity contribution in [1.82, 2.24) is 24.7 Å². The van der Waals surface area contributed by atoms with E-state index in [0.29, 0.717) is 11.4 Å². The lowest BCUT2D eigenvalue weighted by molar-refractivity contribution is -0.141. The van der Waals surface area contributed by atoms with Crippen LogP contribution in [0.15, 0.2) is 121 Å². The number of nitrogens with zero attached hydrogens (tertiary/aromatic N) is 5. The molecular formula is C32H20F5N5. The fourth-order valence-corrected chi connectivity index (χ4v) is 5.02. The van der Waals surface area contributed by atoms with Crippen molar-refractivity contribution < 1.29 is 22.0 Å². The van der Waals surface area contributed by atoms with Crippen LogP contribution in [-0.2, 0) is 11.6 Å². The van der Waals surface area contributed by atoms with Crippen molar-refractivity contribution in [3.8, 4) is 17.1 Å². The predicted molar refractivity (Wildman–Crippen MR) is 146 cm³/mol. The van der Waals surface area contributed by atoms with Gasteiger partial charge in [0, 0.05) is 6.20 Å². The lowest BCUT2D eigenvalue weighted by Crippen LogP contribution is -2.33. The summed E-state index contributed by atoms with van der Waals surface area (Å²) in [5, 5.41) is 3.70. The van der Waals surface area contributed by atoms with Gasteiger partial charge in [0.25, 0.3) is 0 Å². The highest BCUT2D eigenvalue weighted by atomic mass is 19.4. The number of halogens is 5. The van der Waals surface area contributed by atoms with Gasteiger partial charge < -0.3 is 0 Å². The maximum atomic E-state index is 14.8. The van der Waals surface area contributed by atoms with E-state index in [1.807, 2.05) is 60.7 Å². The van der Waals surface area contributed by atoms with E-state index >= 15 is 0 Å². The Kier molecular flexibility index (Phi) is 6.82. The minimum atomic E-state index is -4.62. The van der Waals surface area contributed by atoms with Crippen molar-refractivity contribution in [3.05, 3.63) is 162 Å². The number of alkyl halides is 3. The van der Waals surface area contributed by atoms with Crippen LogP contribution in [0.4, 0.5) is 22.0 Å². The molecule has 4 heterocycles. The number of rotatable bonds is 6. The normalized spacial score (nSPS) is 11.9. The lowest BCUT2D eigenvalue weighted by atomic mass is 9.69. The van der Waals surface area contributed by atoms with Gasteiger partial charge in [0.2, 0.25) is 11.9 Å². The van der Waals surface area contributed by atoms with E-state index in [9.17, 15) is 22.0 Å². The molecule has 6 aromatic rings. The third-order valence-corrected chi connectivity index (χ3v) is 6.87. The minimum Gasteiger partial charge on any atom is -0.251 e. The first kappa shape index (κ1) is 26.9. The molecule has 0 N–H and O–H groups in total. The molecule has 5 nitrogen and oxygen atoms in total. The van der Waals surface area contributed by atoms with Gasteiger partial charge in [-0.1, -0.05) is 72.8 Å². The molecule has 0 atom stereocenters. The van der Waals surface area contributed by atoms with Crippen LogP contribution in [0.2, 0.25) is 0 Å². The summed E-state index contributed by atoms with van der Waals surface area (Å²) in [5.74, 6) is -1.81. The first-order chi connectivity index (χ1) is 20.3. The molecule has 4 aromatic heterocycles. The smallest absolute Gasteiger partial charge is 0.251 e. The van der Waals surface area contributed by atoms with Gasteiger partial charge in [0.05, 0.1) is 22.6 Å². The van der Waals surface area contributed by atoms with Crippen molar-refractivity contribution in [1.29, 1.82) is 0 Å². The van der Waals surface area contributed by atoms with Crippen molar-refractivity contribution in [2.75, 3.05) is 0 Å². The van der Waals surface area contributed by atoms with Crippen LogP contribution < -0.4 is 0 Å². The fraction of sp³-hybridized carbons (Fsp3) is 0.0625. The topological polar surface area (TPSA) is 56.5 Å². The highest BCUT2D eigenvalue weighted by Crippen LogP contribution is 2.44. The fourth-order valence-electron chi connectivity index (χ4n) is 5.02. The summed E-state index contributed by atoms with van der Waals surface area (Å²) in [6.07, 6.45) is -3.42. The molecule has 0 radical (unpaired) electrons. The van der Waals surface area contributed by atoms with Gasteiger partial charge in [-0.2, -0.15) is 32.0 Å². The molecule has 0 aliphatic heterocycles. The molecule has 2 aromatic carbocycles. The Balaban J connectivity index is 1.64. The molecule has 0 aliphatic carbocycles. The summed E-state index contributed by atoms with van der Waals surface area (Å²) >= 11 is 0. The molecule has 42 heavy (non-hydrogen) atoms. The second-order valence-corrected chi connectivity index (χ2v) is 9.39. The molecule has 10 heteroatoms. The average Bonchev–Trinajstić information content (AvgIpc) is 3.51. The number of hydrogen-bond acceptors (Lipinski definition) is 4. The molecule has 0 saturated carbocycles. The highest BCUT2D eigenvalue weighted by Gasteiger charge is 2.42. The van der Waals surface area contributed by atoms with Crippen LogP contribution in [-0.4, -0.2) is 24.7 Å². The first-order valence-electron chi connectivity index (χ1n) is 12.8. The molecule has 0 unspecified atom stereocenters. The van der Waals surface area contributed by atoms with E-state index in [4.69, 9.17) is 9.97 Å². The highest BCUT2D eigenvalue weighted by molar-refractivity contribution is 5.62. The second-order valence-electron chi connectivity index (χ2n) is 9.39. The minimum absolute atomic E-state index is 0.00574. The predicted octanol–water partition coefficient (Wildman–Crippen LogP) is 7.40. The molecule has 0 fully saturated rings. The van der Waals surface area contributed by atoms with Crippen LogP contribution in [0.5, 0.6) is 0 Å². The molecule has 0 saturated heterocycles. The van der Waals surface area contributed by atoms with Crippen molar-refractivity contribution >= 4 is 0 Å². The van der Waals surface area contributed by atoms with Crippen LogP contribution in [0.3, 0.4) is 0 Å². The molecular weight excluding hydrogens is 549 g/mol. The van der Waals surface area contributed by atoms with Gasteiger partial charge in [-0.05, 0) is 53.6 Å². The summed E-state index contributed by atoms with van der Waals surface area (Å²) < 4.78 is 69.4. The quantitative estimate of drug-likeness (QED) is 0.155. The number of hydrogen-bond donors (Lipinski definition) is 0. The van der Waals surface area contributed by atoms with Crippen LogP contribution in [0.1, 0.15) is 28.2 Å². The Morgan fingerprint density at radius 3 is 1.76 bits per heavy atom. The molecule has 0 spiro atoms. The summed E-state index contributed by atoms with van der Waals surface area (Å²) in [6.45, 7) is 0. The lowest BCUT2D eigenvalue weighted by Gasteiger charge is -2.35. The summed E-state index contributed by atoms with van der Waals surface area (Å²) in [6, 6.07) is 32.0. The maximum absolute atomic E-state index is 14.8. The van der Waals surface area contributed by atoms with Crippen molar-refractivity contribution in [3.63, 3.8) is 0 Å². The van der Waals surface area contributed by atoms with Gasteiger partial charge in [0.1, 0.15) is 5.41 Å². The number of pyridine rings is 3. The number of benzene rings is 2. The molecule has 0 amide bonds. The monoisotopic (exact) mass is 569 g/mol. The first-order valence-corrected chi connectivity index (χ1v) is 12.8. The zero-order valence-electron chi connectivity index (χ0n) is 21.7. The van der Waals surface area contributed by atoms with Gasteiger partial charge in [0.15, 0.2) is 11.5 Å². The van der Waals surface area contributed by atoms with E-state index in [0.717, 1.165) is 27.9 Å². The Bertz CT molecular complexity index is 1810. The molecule has 208 valence electrons. The Labute approximate surface area is 237 Å². The van der Waals surface area contributed by atoms with E-state index in [2.05, 4.69) is 10.1 Å². The average molecular weight is 570 g/mol. The summed E-state index contributed by atoms with van der Waals surface area (Å²) in [7, 11) is 0. The standard InChI is InChI=1S/C32H20F5N5/c33-28-18-17-23(30(34)40-28)24-13-7-14-25(38-24)31(21-9-3-1-4-10-21,22-11-5-2-6-12-22)26-15-8-16-29(39-26)42-20-19-27(41-42)32(35,36)37/h1-20H. The van der Waals surface area contributed by atoms with Crippen LogP contribution >= 0.6 is 0 Å². The van der Waals surface area contributed by atoms with Crippen LogP contribution in [0.25, 0.3) is 17.1 Å². The van der Waals surface area contributed by atoms with Gasteiger partial charge in [-0.25, -0.2) is 9.67 Å². The van der Waals surface area contributed by atoms with Crippen molar-refractivity contribution in [2.45, 2.75) is 11.6 Å². The molecule has 0 aliphatic rings. The van der Waals surface area contributed by atoms with Gasteiger partial charge >= 0.3 is 6.18 Å². The maximum Gasteiger partial charge on any atom is 0.435 e. The number of aromatic nitrogens is 5. The Morgan fingerprint density at radius 2 is 1.17 bits per heavy atom. The third-order valence-electron chi connectivity index (χ3n) is 6.87. The van der Waals surface area contributed by atoms with E-state index in [1.54, 1.807) is 36.4 Å². The second kappa shape index (κ2) is 10.6.